The Kier molecular flexibility index (Phi) is 4.64. The van der Waals surface area contributed by atoms with Crippen LogP contribution in [0.4, 0.5) is 0 Å². The molecule has 3 rings (SSSR count). The lowest BCUT2D eigenvalue weighted by molar-refractivity contribution is 0.104. The van der Waals surface area contributed by atoms with Crippen LogP contribution >= 0.6 is 27.5 Å². The van der Waals surface area contributed by atoms with Crippen LogP contribution in [0, 0.1) is 0 Å². The van der Waals surface area contributed by atoms with E-state index >= 15 is 0 Å². The van der Waals surface area contributed by atoms with Gasteiger partial charge in [0.05, 0.1) is 18.8 Å². The van der Waals surface area contributed by atoms with Gasteiger partial charge in [-0.1, -0.05) is 29.8 Å². The van der Waals surface area contributed by atoms with E-state index in [4.69, 9.17) is 20.8 Å². The monoisotopic (exact) mass is 406 g/mol. The third kappa shape index (κ3) is 2.92. The Morgan fingerprint density at radius 1 is 1.29 bits per heavy atom. The van der Waals surface area contributed by atoms with E-state index in [0.29, 0.717) is 20.5 Å². The molecular formula is C18H12BrClO4. The molecule has 122 valence electrons. The van der Waals surface area contributed by atoms with Gasteiger partial charge in [-0.2, -0.15) is 0 Å². The molecule has 1 heterocycles. The highest BCUT2D eigenvalue weighted by Gasteiger charge is 2.24. The van der Waals surface area contributed by atoms with Gasteiger partial charge in [0.1, 0.15) is 21.5 Å². The topological polar surface area (TPSA) is 59.7 Å². The molecule has 0 amide bonds. The summed E-state index contributed by atoms with van der Waals surface area (Å²) in [7, 11) is 1.44. The van der Waals surface area contributed by atoms with Crippen molar-refractivity contribution < 1.29 is 19.1 Å². The number of methoxy groups -OCH3 is 1. The Morgan fingerprint density at radius 3 is 2.67 bits per heavy atom. The molecule has 0 atom stereocenters. The van der Waals surface area contributed by atoms with Gasteiger partial charge in [-0.15, -0.1) is 0 Å². The van der Waals surface area contributed by atoms with Crippen molar-refractivity contribution in [2.75, 3.05) is 7.11 Å². The maximum absolute atomic E-state index is 12.6. The number of fused-ring (bicyclic) bond motifs is 1. The molecule has 0 fully saturated rings. The second-order valence-corrected chi connectivity index (χ2v) is 6.21. The van der Waals surface area contributed by atoms with Crippen molar-refractivity contribution in [1.82, 2.24) is 0 Å². The SMILES string of the molecule is COc1c(C(=O)/C=C/c2ccc(Cl)cc2)c(O)c(Br)c2occc12. The Morgan fingerprint density at radius 2 is 2.00 bits per heavy atom. The van der Waals surface area contributed by atoms with Crippen LogP contribution in [0.15, 0.2) is 51.6 Å². The standard InChI is InChI=1S/C18H12BrClO4/c1-23-17-12-8-9-24-18(12)15(19)16(22)14(17)13(21)7-4-10-2-5-11(20)6-3-10/h2-9,22H,1H3/b7-4+. The van der Waals surface area contributed by atoms with Crippen LogP contribution in [0.1, 0.15) is 15.9 Å². The highest BCUT2D eigenvalue weighted by molar-refractivity contribution is 9.10. The molecule has 0 radical (unpaired) electrons. The van der Waals surface area contributed by atoms with Crippen LogP contribution < -0.4 is 4.74 Å². The number of ether oxygens (including phenoxy) is 1. The van der Waals surface area contributed by atoms with Crippen LogP contribution in [0.2, 0.25) is 5.02 Å². The number of allylic oxidation sites excluding steroid dienone is 1. The maximum Gasteiger partial charge on any atom is 0.193 e. The molecule has 1 aromatic heterocycles. The number of furan rings is 1. The van der Waals surface area contributed by atoms with E-state index in [1.54, 1.807) is 36.4 Å². The number of halogens is 2. The Labute approximate surface area is 151 Å². The second kappa shape index (κ2) is 6.71. The summed E-state index contributed by atoms with van der Waals surface area (Å²) < 4.78 is 11.0. The smallest absolute Gasteiger partial charge is 0.193 e. The first kappa shape index (κ1) is 16.6. The fraction of sp³-hybridized carbons (Fsp3) is 0.0556. The first-order valence-corrected chi connectivity index (χ1v) is 8.13. The Bertz CT molecular complexity index is 942. The van der Waals surface area contributed by atoms with Crippen molar-refractivity contribution in [2.45, 2.75) is 0 Å². The van der Waals surface area contributed by atoms with Gasteiger partial charge in [-0.05, 0) is 45.8 Å². The first-order chi connectivity index (χ1) is 11.5. The Hall–Kier alpha value is -2.24. The van der Waals surface area contributed by atoms with Crippen LogP contribution in [-0.4, -0.2) is 18.0 Å². The van der Waals surface area contributed by atoms with Gasteiger partial charge >= 0.3 is 0 Å². The zero-order valence-corrected chi connectivity index (χ0v) is 14.9. The summed E-state index contributed by atoms with van der Waals surface area (Å²) in [5.41, 5.74) is 1.31. The number of hydrogen-bond donors (Lipinski definition) is 1. The van der Waals surface area contributed by atoms with E-state index in [-0.39, 0.29) is 22.8 Å². The summed E-state index contributed by atoms with van der Waals surface area (Å²) in [5, 5.41) is 11.6. The minimum Gasteiger partial charge on any atom is -0.506 e. The highest BCUT2D eigenvalue weighted by Crippen LogP contribution is 2.44. The summed E-state index contributed by atoms with van der Waals surface area (Å²) >= 11 is 9.09. The molecule has 24 heavy (non-hydrogen) atoms. The molecule has 0 bridgehead atoms. The molecule has 0 aliphatic heterocycles. The van der Waals surface area contributed by atoms with Gasteiger partial charge in [0, 0.05) is 5.02 Å². The zero-order chi connectivity index (χ0) is 17.3. The van der Waals surface area contributed by atoms with Gasteiger partial charge in [0.15, 0.2) is 11.4 Å². The molecule has 1 N–H and O–H groups in total. The molecule has 2 aromatic carbocycles. The van der Waals surface area contributed by atoms with Crippen molar-refractivity contribution in [3.8, 4) is 11.5 Å². The number of rotatable bonds is 4. The number of hydrogen-bond acceptors (Lipinski definition) is 4. The molecule has 0 unspecified atom stereocenters. The minimum atomic E-state index is -0.386. The van der Waals surface area contributed by atoms with Crippen molar-refractivity contribution in [1.29, 1.82) is 0 Å². The second-order valence-electron chi connectivity index (χ2n) is 4.98. The quantitative estimate of drug-likeness (QED) is 0.461. The number of aromatic hydroxyl groups is 1. The Balaban J connectivity index is 2.06. The van der Waals surface area contributed by atoms with Gasteiger partial charge in [-0.25, -0.2) is 0 Å². The van der Waals surface area contributed by atoms with Gasteiger partial charge in [0.25, 0.3) is 0 Å². The average Bonchev–Trinajstić information content (AvgIpc) is 3.06. The summed E-state index contributed by atoms with van der Waals surface area (Å²) in [5.74, 6) is -0.339. The molecule has 0 aliphatic carbocycles. The molecule has 3 aromatic rings. The lowest BCUT2D eigenvalue weighted by Crippen LogP contribution is -2.01. The van der Waals surface area contributed by atoms with Gasteiger partial charge < -0.3 is 14.3 Å². The minimum absolute atomic E-state index is 0.0727. The molecule has 0 saturated heterocycles. The third-order valence-corrected chi connectivity index (χ3v) is 4.52. The summed E-state index contributed by atoms with van der Waals surface area (Å²) in [6.07, 6.45) is 4.49. The van der Waals surface area contributed by atoms with E-state index in [1.165, 1.54) is 19.4 Å². The number of benzene rings is 2. The van der Waals surface area contributed by atoms with Crippen molar-refractivity contribution in [3.63, 3.8) is 0 Å². The van der Waals surface area contributed by atoms with Crippen LogP contribution in [0.25, 0.3) is 17.0 Å². The van der Waals surface area contributed by atoms with Gasteiger partial charge in [-0.3, -0.25) is 4.79 Å². The molecule has 0 saturated carbocycles. The van der Waals surface area contributed by atoms with E-state index in [9.17, 15) is 9.90 Å². The van der Waals surface area contributed by atoms with Crippen molar-refractivity contribution in [2.24, 2.45) is 0 Å². The van der Waals surface area contributed by atoms with Crippen molar-refractivity contribution in [3.05, 3.63) is 63.3 Å². The summed E-state index contributed by atoms with van der Waals surface area (Å²) in [6.45, 7) is 0. The number of phenolic OH excluding ortho intramolecular Hbond substituents is 1. The molecule has 4 nitrogen and oxygen atoms in total. The predicted octanol–water partition coefficient (Wildman–Crippen LogP) is 5.46. The number of ketones is 1. The normalized spacial score (nSPS) is 11.3. The summed E-state index contributed by atoms with van der Waals surface area (Å²) in [4.78, 5) is 12.6. The van der Waals surface area contributed by atoms with Crippen LogP contribution in [0.5, 0.6) is 11.5 Å². The van der Waals surface area contributed by atoms with E-state index < -0.39 is 0 Å². The highest BCUT2D eigenvalue weighted by atomic mass is 79.9. The zero-order valence-electron chi connectivity index (χ0n) is 12.5. The molecular weight excluding hydrogens is 396 g/mol. The maximum atomic E-state index is 12.6. The fourth-order valence-corrected chi connectivity index (χ4v) is 3.02. The first-order valence-electron chi connectivity index (χ1n) is 6.96. The molecule has 0 spiro atoms. The van der Waals surface area contributed by atoms with E-state index in [2.05, 4.69) is 15.9 Å². The number of carbonyl (C=O) groups is 1. The summed E-state index contributed by atoms with van der Waals surface area (Å²) in [6, 6.07) is 8.73. The lowest BCUT2D eigenvalue weighted by atomic mass is 10.0. The van der Waals surface area contributed by atoms with Crippen LogP contribution in [-0.2, 0) is 0 Å². The lowest BCUT2D eigenvalue weighted by Gasteiger charge is -2.11. The molecule has 0 aliphatic rings. The van der Waals surface area contributed by atoms with E-state index in [0.717, 1.165) is 5.56 Å². The van der Waals surface area contributed by atoms with E-state index in [1.807, 2.05) is 0 Å². The van der Waals surface area contributed by atoms with Crippen molar-refractivity contribution >= 4 is 50.4 Å². The molecule has 6 heteroatoms. The number of carbonyl (C=O) groups excluding carboxylic acids is 1. The predicted molar refractivity (Wildman–Crippen MR) is 96.9 cm³/mol. The number of phenols is 1. The van der Waals surface area contributed by atoms with Crippen LogP contribution in [0.3, 0.4) is 0 Å². The van der Waals surface area contributed by atoms with Gasteiger partial charge in [0.2, 0.25) is 0 Å². The average molecular weight is 408 g/mol. The third-order valence-electron chi connectivity index (χ3n) is 3.53. The fourth-order valence-electron chi connectivity index (χ4n) is 2.39. The largest absolute Gasteiger partial charge is 0.506 e.